The zero-order valence-electron chi connectivity index (χ0n) is 12.9. The first-order valence-corrected chi connectivity index (χ1v) is 7.72. The predicted molar refractivity (Wildman–Crippen MR) is 81.0 cm³/mol. The molecule has 1 atom stereocenters. The number of amides is 2. The monoisotopic (exact) mass is 344 g/mol. The fourth-order valence-corrected chi connectivity index (χ4v) is 2.80. The number of hydrogen-bond donors (Lipinski definition) is 3. The smallest absolute Gasteiger partial charge is 0.391 e. The SMILES string of the molecule is O=C(NCC(O)C1CCCC1)C(=O)Nc1ccccc1C(F)(F)F. The normalized spacial score (nSPS) is 16.7. The van der Waals surface area contributed by atoms with E-state index in [1.807, 2.05) is 5.32 Å². The van der Waals surface area contributed by atoms with Gasteiger partial charge < -0.3 is 15.7 Å². The molecular weight excluding hydrogens is 325 g/mol. The van der Waals surface area contributed by atoms with E-state index in [1.54, 1.807) is 0 Å². The number of nitrogens with one attached hydrogen (secondary N) is 2. The molecule has 0 heterocycles. The Morgan fingerprint density at radius 2 is 1.79 bits per heavy atom. The topological polar surface area (TPSA) is 78.4 Å². The van der Waals surface area contributed by atoms with Crippen molar-refractivity contribution in [2.45, 2.75) is 38.0 Å². The minimum atomic E-state index is -4.64. The van der Waals surface area contributed by atoms with Gasteiger partial charge in [0.2, 0.25) is 0 Å². The number of carbonyl (C=O) groups excluding carboxylic acids is 2. The number of para-hydroxylation sites is 1. The molecule has 132 valence electrons. The molecule has 1 unspecified atom stereocenters. The summed E-state index contributed by atoms with van der Waals surface area (Å²) in [5.74, 6) is -2.20. The van der Waals surface area contributed by atoms with Crippen molar-refractivity contribution >= 4 is 17.5 Å². The van der Waals surface area contributed by atoms with E-state index in [2.05, 4.69) is 5.32 Å². The summed E-state index contributed by atoms with van der Waals surface area (Å²) in [6.07, 6.45) is -1.63. The Morgan fingerprint density at radius 3 is 2.42 bits per heavy atom. The van der Waals surface area contributed by atoms with E-state index in [9.17, 15) is 27.9 Å². The molecule has 1 aliphatic carbocycles. The van der Waals surface area contributed by atoms with Crippen molar-refractivity contribution < 1.29 is 27.9 Å². The van der Waals surface area contributed by atoms with Gasteiger partial charge in [0.1, 0.15) is 0 Å². The molecule has 1 fully saturated rings. The van der Waals surface area contributed by atoms with E-state index in [0.29, 0.717) is 0 Å². The van der Waals surface area contributed by atoms with E-state index >= 15 is 0 Å². The molecule has 1 aromatic rings. The van der Waals surface area contributed by atoms with Gasteiger partial charge in [-0.1, -0.05) is 25.0 Å². The second-order valence-corrected chi connectivity index (χ2v) is 5.82. The summed E-state index contributed by atoms with van der Waals surface area (Å²) in [6.45, 7) is -0.0994. The largest absolute Gasteiger partial charge is 0.418 e. The first-order chi connectivity index (χ1) is 11.3. The van der Waals surface area contributed by atoms with Crippen LogP contribution in [0.3, 0.4) is 0 Å². The maximum absolute atomic E-state index is 12.8. The van der Waals surface area contributed by atoms with Crippen LogP contribution in [0, 0.1) is 5.92 Å². The van der Waals surface area contributed by atoms with Gasteiger partial charge in [0.15, 0.2) is 0 Å². The lowest BCUT2D eigenvalue weighted by Gasteiger charge is -2.18. The predicted octanol–water partition coefficient (Wildman–Crippen LogP) is 2.31. The third-order valence-corrected chi connectivity index (χ3v) is 4.10. The molecule has 1 saturated carbocycles. The quantitative estimate of drug-likeness (QED) is 0.734. The highest BCUT2D eigenvalue weighted by Gasteiger charge is 2.34. The molecule has 2 amide bonds. The number of alkyl halides is 3. The molecule has 0 saturated heterocycles. The van der Waals surface area contributed by atoms with Crippen LogP contribution in [-0.2, 0) is 15.8 Å². The highest BCUT2D eigenvalue weighted by molar-refractivity contribution is 6.39. The first-order valence-electron chi connectivity index (χ1n) is 7.72. The number of aliphatic hydroxyl groups is 1. The fraction of sp³-hybridized carbons (Fsp3) is 0.500. The lowest BCUT2D eigenvalue weighted by molar-refractivity contribution is -0.138. The van der Waals surface area contributed by atoms with Crippen LogP contribution in [0.1, 0.15) is 31.2 Å². The van der Waals surface area contributed by atoms with E-state index in [-0.39, 0.29) is 12.5 Å². The summed E-state index contributed by atoms with van der Waals surface area (Å²) in [6, 6.07) is 4.40. The highest BCUT2D eigenvalue weighted by Crippen LogP contribution is 2.34. The fourth-order valence-electron chi connectivity index (χ4n) is 2.80. The maximum atomic E-state index is 12.8. The number of halogens is 3. The van der Waals surface area contributed by atoms with Crippen LogP contribution in [0.25, 0.3) is 0 Å². The van der Waals surface area contributed by atoms with Gasteiger partial charge in [0.25, 0.3) is 0 Å². The van der Waals surface area contributed by atoms with Crippen molar-refractivity contribution in [3.63, 3.8) is 0 Å². The Kier molecular flexibility index (Phi) is 5.82. The lowest BCUT2D eigenvalue weighted by atomic mass is 10.0. The molecule has 0 bridgehead atoms. The summed E-state index contributed by atoms with van der Waals surface area (Å²) >= 11 is 0. The lowest BCUT2D eigenvalue weighted by Crippen LogP contribution is -2.41. The number of benzene rings is 1. The average molecular weight is 344 g/mol. The molecule has 2 rings (SSSR count). The van der Waals surface area contributed by atoms with Gasteiger partial charge >= 0.3 is 18.0 Å². The van der Waals surface area contributed by atoms with Gasteiger partial charge in [-0.25, -0.2) is 0 Å². The molecular formula is C16H19F3N2O3. The van der Waals surface area contributed by atoms with Crippen LogP contribution in [0.2, 0.25) is 0 Å². The number of carbonyl (C=O) groups is 2. The standard InChI is InChI=1S/C16H19F3N2O3/c17-16(18,19)11-7-3-4-8-12(11)21-15(24)14(23)20-9-13(22)10-5-1-2-6-10/h3-4,7-8,10,13,22H,1-2,5-6,9H2,(H,20,23)(H,21,24). The van der Waals surface area contributed by atoms with E-state index in [1.165, 1.54) is 12.1 Å². The van der Waals surface area contributed by atoms with Gasteiger partial charge in [-0.05, 0) is 30.9 Å². The van der Waals surface area contributed by atoms with Gasteiger partial charge in [0.05, 0.1) is 17.4 Å². The number of rotatable bonds is 4. The van der Waals surface area contributed by atoms with Gasteiger partial charge in [0, 0.05) is 6.54 Å². The summed E-state index contributed by atoms with van der Waals surface area (Å²) in [5.41, 5.74) is -1.52. The molecule has 5 nitrogen and oxygen atoms in total. The summed E-state index contributed by atoms with van der Waals surface area (Å²) in [5, 5.41) is 14.1. The molecule has 0 aliphatic heterocycles. The van der Waals surface area contributed by atoms with Crippen molar-refractivity contribution in [3.05, 3.63) is 29.8 Å². The Balaban J connectivity index is 1.91. The molecule has 3 N–H and O–H groups in total. The van der Waals surface area contributed by atoms with Gasteiger partial charge in [-0.3, -0.25) is 9.59 Å². The van der Waals surface area contributed by atoms with Crippen LogP contribution in [0.4, 0.5) is 18.9 Å². The van der Waals surface area contributed by atoms with Crippen LogP contribution in [0.5, 0.6) is 0 Å². The highest BCUT2D eigenvalue weighted by atomic mass is 19.4. The van der Waals surface area contributed by atoms with Gasteiger partial charge in [-0.2, -0.15) is 13.2 Å². The molecule has 1 aromatic carbocycles. The van der Waals surface area contributed by atoms with Crippen LogP contribution >= 0.6 is 0 Å². The Morgan fingerprint density at radius 1 is 1.17 bits per heavy atom. The van der Waals surface area contributed by atoms with Gasteiger partial charge in [-0.15, -0.1) is 0 Å². The summed E-state index contributed by atoms with van der Waals surface area (Å²) < 4.78 is 38.5. The minimum absolute atomic E-state index is 0.0827. The minimum Gasteiger partial charge on any atom is -0.391 e. The number of hydrogen-bond acceptors (Lipinski definition) is 3. The van der Waals surface area contributed by atoms with Crippen LogP contribution in [-0.4, -0.2) is 29.6 Å². The second kappa shape index (κ2) is 7.65. The first kappa shape index (κ1) is 18.3. The molecule has 0 aromatic heterocycles. The van der Waals surface area contributed by atoms with Crippen molar-refractivity contribution in [1.82, 2.24) is 5.32 Å². The maximum Gasteiger partial charge on any atom is 0.418 e. The molecule has 0 radical (unpaired) electrons. The molecule has 1 aliphatic rings. The molecule has 24 heavy (non-hydrogen) atoms. The Hall–Kier alpha value is -2.09. The van der Waals surface area contributed by atoms with E-state index < -0.39 is 35.3 Å². The third kappa shape index (κ3) is 4.70. The Labute approximate surface area is 137 Å². The summed E-state index contributed by atoms with van der Waals surface area (Å²) in [7, 11) is 0. The number of anilines is 1. The van der Waals surface area contributed by atoms with Crippen LogP contribution < -0.4 is 10.6 Å². The van der Waals surface area contributed by atoms with Crippen molar-refractivity contribution in [1.29, 1.82) is 0 Å². The van der Waals surface area contributed by atoms with E-state index in [0.717, 1.165) is 37.8 Å². The Bertz CT molecular complexity index is 598. The zero-order valence-corrected chi connectivity index (χ0v) is 12.9. The van der Waals surface area contributed by atoms with Crippen molar-refractivity contribution in [2.75, 3.05) is 11.9 Å². The van der Waals surface area contributed by atoms with E-state index in [4.69, 9.17) is 0 Å². The van der Waals surface area contributed by atoms with Crippen LogP contribution in [0.15, 0.2) is 24.3 Å². The average Bonchev–Trinajstić information content (AvgIpc) is 3.06. The summed E-state index contributed by atoms with van der Waals surface area (Å²) in [4.78, 5) is 23.5. The van der Waals surface area contributed by atoms with Crippen molar-refractivity contribution in [2.24, 2.45) is 5.92 Å². The molecule has 8 heteroatoms. The zero-order chi connectivity index (χ0) is 17.7. The van der Waals surface area contributed by atoms with Crippen molar-refractivity contribution in [3.8, 4) is 0 Å². The third-order valence-electron chi connectivity index (χ3n) is 4.10. The second-order valence-electron chi connectivity index (χ2n) is 5.82. The molecule has 0 spiro atoms. The number of aliphatic hydroxyl groups excluding tert-OH is 1.